The van der Waals surface area contributed by atoms with Crippen LogP contribution in [-0.2, 0) is 4.74 Å². The van der Waals surface area contributed by atoms with Crippen molar-refractivity contribution in [2.75, 3.05) is 13.2 Å². The number of aromatic nitrogens is 2. The van der Waals surface area contributed by atoms with Crippen molar-refractivity contribution in [1.29, 1.82) is 0 Å². The number of carbonyl (C=O) groups is 1. The van der Waals surface area contributed by atoms with Crippen LogP contribution in [0.5, 0.6) is 0 Å². The van der Waals surface area contributed by atoms with Crippen molar-refractivity contribution >= 4 is 5.97 Å². The number of hydrogen-bond acceptors (Lipinski definition) is 4. The van der Waals surface area contributed by atoms with Crippen molar-refractivity contribution in [3.63, 3.8) is 0 Å². The van der Waals surface area contributed by atoms with Gasteiger partial charge in [0.25, 0.3) is 0 Å². The van der Waals surface area contributed by atoms with Gasteiger partial charge in [-0.25, -0.2) is 14.6 Å². The monoisotopic (exact) mass is 224 g/mol. The predicted octanol–water partition coefficient (Wildman–Crippen LogP) is 0.362. The van der Waals surface area contributed by atoms with Crippen molar-refractivity contribution in [2.24, 2.45) is 0 Å². The smallest absolute Gasteiger partial charge is 0.345 e. The highest BCUT2D eigenvalue weighted by atomic mass is 16.5. The van der Waals surface area contributed by atoms with Crippen molar-refractivity contribution in [1.82, 2.24) is 9.97 Å². The molecule has 0 amide bonds. The first-order valence-corrected chi connectivity index (χ1v) is 5.08. The fourth-order valence-corrected chi connectivity index (χ4v) is 1.89. The van der Waals surface area contributed by atoms with Gasteiger partial charge in [-0.1, -0.05) is 0 Å². The zero-order valence-corrected chi connectivity index (χ0v) is 8.60. The second kappa shape index (κ2) is 4.44. The third kappa shape index (κ3) is 2.11. The lowest BCUT2D eigenvalue weighted by Gasteiger charge is -2.22. The van der Waals surface area contributed by atoms with Gasteiger partial charge < -0.3 is 14.8 Å². The van der Waals surface area contributed by atoms with Gasteiger partial charge in [-0.3, -0.25) is 0 Å². The number of rotatable bonds is 2. The summed E-state index contributed by atoms with van der Waals surface area (Å²) in [4.78, 5) is 28.1. The average molecular weight is 224 g/mol. The van der Waals surface area contributed by atoms with Gasteiger partial charge in [0.05, 0.1) is 5.56 Å². The van der Waals surface area contributed by atoms with E-state index in [2.05, 4.69) is 9.97 Å². The molecule has 1 aromatic heterocycles. The van der Waals surface area contributed by atoms with Crippen LogP contribution < -0.4 is 5.69 Å². The molecule has 0 aliphatic carbocycles. The Hall–Kier alpha value is -1.69. The van der Waals surface area contributed by atoms with Crippen LogP contribution in [0.15, 0.2) is 11.0 Å². The first-order chi connectivity index (χ1) is 7.68. The number of aromatic amines is 1. The standard InChI is InChI=1S/C10H12N2O4/c13-9(14)7-5-11-10(15)12-8(7)6-1-3-16-4-2-6/h5-6H,1-4H2,(H,13,14)(H,11,12,15). The van der Waals surface area contributed by atoms with Gasteiger partial charge in [0.1, 0.15) is 0 Å². The van der Waals surface area contributed by atoms with Gasteiger partial charge >= 0.3 is 11.7 Å². The molecule has 0 radical (unpaired) electrons. The third-order valence-corrected chi connectivity index (χ3v) is 2.70. The lowest BCUT2D eigenvalue weighted by atomic mass is 9.93. The largest absolute Gasteiger partial charge is 0.478 e. The first-order valence-electron chi connectivity index (χ1n) is 5.08. The second-order valence-corrected chi connectivity index (χ2v) is 3.71. The Bertz CT molecular complexity index is 448. The van der Waals surface area contributed by atoms with E-state index in [1.165, 1.54) is 0 Å². The van der Waals surface area contributed by atoms with E-state index in [4.69, 9.17) is 9.84 Å². The van der Waals surface area contributed by atoms with Crippen LogP contribution in [0, 0.1) is 0 Å². The number of nitrogens with zero attached hydrogens (tertiary/aromatic N) is 1. The lowest BCUT2D eigenvalue weighted by Crippen LogP contribution is -2.23. The fraction of sp³-hybridized carbons (Fsp3) is 0.500. The van der Waals surface area contributed by atoms with E-state index in [-0.39, 0.29) is 11.5 Å². The van der Waals surface area contributed by atoms with Gasteiger partial charge in [-0.2, -0.15) is 0 Å². The minimum absolute atomic E-state index is 0.0375. The number of carboxylic acids is 1. The molecule has 6 heteroatoms. The van der Waals surface area contributed by atoms with Crippen LogP contribution in [0.2, 0.25) is 0 Å². The van der Waals surface area contributed by atoms with Crippen LogP contribution in [0.1, 0.15) is 34.8 Å². The summed E-state index contributed by atoms with van der Waals surface area (Å²) in [6.07, 6.45) is 2.56. The molecule has 2 rings (SSSR count). The SMILES string of the molecule is O=C(O)c1cnc(=O)[nH]c1C1CCOCC1. The summed E-state index contributed by atoms with van der Waals surface area (Å²) in [5.74, 6) is -1.03. The summed E-state index contributed by atoms with van der Waals surface area (Å²) in [5.41, 5.74) is 0.0359. The molecule has 6 nitrogen and oxygen atoms in total. The van der Waals surface area contributed by atoms with E-state index in [0.29, 0.717) is 18.9 Å². The molecule has 0 saturated carbocycles. The Labute approximate surface area is 91.3 Å². The molecule has 86 valence electrons. The van der Waals surface area contributed by atoms with Crippen LogP contribution in [0.3, 0.4) is 0 Å². The summed E-state index contributed by atoms with van der Waals surface area (Å²) >= 11 is 0. The van der Waals surface area contributed by atoms with Crippen LogP contribution in [-0.4, -0.2) is 34.3 Å². The maximum atomic E-state index is 11.1. The topological polar surface area (TPSA) is 92.3 Å². The van der Waals surface area contributed by atoms with E-state index >= 15 is 0 Å². The highest BCUT2D eigenvalue weighted by Crippen LogP contribution is 2.26. The van der Waals surface area contributed by atoms with Crippen molar-refractivity contribution < 1.29 is 14.6 Å². The molecule has 1 aromatic rings. The minimum Gasteiger partial charge on any atom is -0.478 e. The molecule has 0 bridgehead atoms. The maximum Gasteiger partial charge on any atom is 0.345 e. The van der Waals surface area contributed by atoms with Crippen molar-refractivity contribution in [3.05, 3.63) is 27.9 Å². The van der Waals surface area contributed by atoms with Gasteiger partial charge in [-0.05, 0) is 12.8 Å². The number of H-pyrrole nitrogens is 1. The molecule has 2 heterocycles. The molecule has 0 spiro atoms. The molecule has 0 atom stereocenters. The van der Waals surface area contributed by atoms with Crippen molar-refractivity contribution in [3.8, 4) is 0 Å². The maximum absolute atomic E-state index is 11.1. The number of hydrogen-bond donors (Lipinski definition) is 2. The zero-order valence-electron chi connectivity index (χ0n) is 8.60. The molecule has 1 aliphatic heterocycles. The molecule has 16 heavy (non-hydrogen) atoms. The molecule has 1 fully saturated rings. The summed E-state index contributed by atoms with van der Waals surface area (Å²) in [5, 5.41) is 8.99. The van der Waals surface area contributed by atoms with Gasteiger partial charge in [0.2, 0.25) is 0 Å². The summed E-state index contributed by atoms with van der Waals surface area (Å²) in [7, 11) is 0. The van der Waals surface area contributed by atoms with E-state index in [0.717, 1.165) is 19.0 Å². The molecule has 2 N–H and O–H groups in total. The Morgan fingerprint density at radius 1 is 1.50 bits per heavy atom. The predicted molar refractivity (Wildman–Crippen MR) is 54.6 cm³/mol. The normalized spacial score (nSPS) is 17.2. The number of ether oxygens (including phenoxy) is 1. The lowest BCUT2D eigenvalue weighted by molar-refractivity contribution is 0.0682. The molecular weight excluding hydrogens is 212 g/mol. The number of nitrogens with one attached hydrogen (secondary N) is 1. The molecular formula is C10H12N2O4. The first kappa shape index (κ1) is 10.8. The molecule has 1 aliphatic rings. The van der Waals surface area contributed by atoms with Crippen LogP contribution in [0.4, 0.5) is 0 Å². The fourth-order valence-electron chi connectivity index (χ4n) is 1.89. The van der Waals surface area contributed by atoms with E-state index in [9.17, 15) is 9.59 Å². The highest BCUT2D eigenvalue weighted by molar-refractivity contribution is 5.88. The quantitative estimate of drug-likeness (QED) is 0.756. The summed E-state index contributed by atoms with van der Waals surface area (Å²) in [6, 6.07) is 0. The van der Waals surface area contributed by atoms with E-state index < -0.39 is 11.7 Å². The summed E-state index contributed by atoms with van der Waals surface area (Å²) in [6.45, 7) is 1.18. The van der Waals surface area contributed by atoms with Crippen molar-refractivity contribution in [2.45, 2.75) is 18.8 Å². The Balaban J connectivity index is 2.40. The van der Waals surface area contributed by atoms with E-state index in [1.54, 1.807) is 0 Å². The molecule has 0 aromatic carbocycles. The van der Waals surface area contributed by atoms with Gasteiger partial charge in [0.15, 0.2) is 0 Å². The van der Waals surface area contributed by atoms with E-state index in [1.807, 2.05) is 0 Å². The minimum atomic E-state index is -1.06. The number of carboxylic acid groups (broad SMARTS) is 1. The zero-order chi connectivity index (χ0) is 11.5. The highest BCUT2D eigenvalue weighted by Gasteiger charge is 2.22. The van der Waals surface area contributed by atoms with Gasteiger partial charge in [-0.15, -0.1) is 0 Å². The Kier molecular flexibility index (Phi) is 3.00. The van der Waals surface area contributed by atoms with Crippen LogP contribution >= 0.6 is 0 Å². The Morgan fingerprint density at radius 2 is 2.19 bits per heavy atom. The molecule has 0 unspecified atom stereocenters. The summed E-state index contributed by atoms with van der Waals surface area (Å²) < 4.78 is 5.20. The Morgan fingerprint density at radius 3 is 2.81 bits per heavy atom. The number of aromatic carboxylic acids is 1. The molecule has 1 saturated heterocycles. The second-order valence-electron chi connectivity index (χ2n) is 3.71. The van der Waals surface area contributed by atoms with Gasteiger partial charge in [0, 0.05) is 31.0 Å². The average Bonchev–Trinajstić information content (AvgIpc) is 2.29. The van der Waals surface area contributed by atoms with Crippen LogP contribution in [0.25, 0.3) is 0 Å². The third-order valence-electron chi connectivity index (χ3n) is 2.70.